The molecule has 1 atom stereocenters. The number of nitrogens with one attached hydrogen (secondary N) is 1. The van der Waals surface area contributed by atoms with E-state index in [2.05, 4.69) is 36.1 Å². The minimum Gasteiger partial charge on any atom is -0.394 e. The first kappa shape index (κ1) is 16.2. The highest BCUT2D eigenvalue weighted by Gasteiger charge is 2.19. The minimum absolute atomic E-state index is 0.129. The molecule has 3 N–H and O–H groups in total. The molecule has 19 heavy (non-hydrogen) atoms. The molecule has 5 nitrogen and oxygen atoms in total. The van der Waals surface area contributed by atoms with Crippen LogP contribution in [-0.4, -0.2) is 45.2 Å². The normalized spacial score (nSPS) is 13.4. The first-order chi connectivity index (χ1) is 8.86. The second-order valence-electron chi connectivity index (χ2n) is 5.34. The van der Waals surface area contributed by atoms with Gasteiger partial charge in [-0.05, 0) is 6.92 Å². The largest absolute Gasteiger partial charge is 0.394 e. The fraction of sp³-hybridized carbons (Fsp3) is 0.692. The molecule has 0 aliphatic rings. The van der Waals surface area contributed by atoms with Crippen LogP contribution in [0.5, 0.6) is 0 Å². The number of aromatic nitrogens is 2. The first-order valence-corrected chi connectivity index (χ1v) is 7.40. The molecule has 0 spiro atoms. The van der Waals surface area contributed by atoms with E-state index in [-0.39, 0.29) is 12.0 Å². The van der Waals surface area contributed by atoms with Crippen molar-refractivity contribution < 1.29 is 10.2 Å². The SMILES string of the molecule is CCNc1cc(SCC(O)CO)nc(C(C)(C)C)n1. The van der Waals surface area contributed by atoms with Crippen molar-refractivity contribution in [3.05, 3.63) is 11.9 Å². The fourth-order valence-corrected chi connectivity index (χ4v) is 2.15. The summed E-state index contributed by atoms with van der Waals surface area (Å²) in [6.45, 7) is 8.77. The van der Waals surface area contributed by atoms with Gasteiger partial charge in [-0.25, -0.2) is 9.97 Å². The molecular weight excluding hydrogens is 262 g/mol. The van der Waals surface area contributed by atoms with Crippen LogP contribution in [0.1, 0.15) is 33.5 Å². The molecule has 1 heterocycles. The van der Waals surface area contributed by atoms with Gasteiger partial charge in [0.2, 0.25) is 0 Å². The molecule has 1 rings (SSSR count). The topological polar surface area (TPSA) is 78.3 Å². The average molecular weight is 285 g/mol. The highest BCUT2D eigenvalue weighted by atomic mass is 32.2. The van der Waals surface area contributed by atoms with Crippen LogP contribution in [0, 0.1) is 0 Å². The van der Waals surface area contributed by atoms with Crippen LogP contribution < -0.4 is 5.32 Å². The van der Waals surface area contributed by atoms with Gasteiger partial charge in [-0.15, -0.1) is 11.8 Å². The third kappa shape index (κ3) is 5.34. The van der Waals surface area contributed by atoms with Crippen molar-refractivity contribution in [3.8, 4) is 0 Å². The van der Waals surface area contributed by atoms with Gasteiger partial charge in [0, 0.05) is 23.8 Å². The Balaban J connectivity index is 2.93. The van der Waals surface area contributed by atoms with Gasteiger partial charge in [-0.1, -0.05) is 20.8 Å². The number of rotatable bonds is 6. The molecule has 0 radical (unpaired) electrons. The Hall–Kier alpha value is -0.850. The maximum Gasteiger partial charge on any atom is 0.137 e. The predicted octanol–water partition coefficient (Wildman–Crippen LogP) is 1.65. The Morgan fingerprint density at radius 2 is 2.05 bits per heavy atom. The molecular formula is C13H23N3O2S. The standard InChI is InChI=1S/C13H23N3O2S/c1-5-14-10-6-11(19-8-9(18)7-17)16-12(15-10)13(2,3)4/h6,9,17-18H,5,7-8H2,1-4H3,(H,14,15,16). The Morgan fingerprint density at radius 3 is 2.58 bits per heavy atom. The molecule has 0 amide bonds. The van der Waals surface area contributed by atoms with Gasteiger partial charge in [0.05, 0.1) is 12.7 Å². The lowest BCUT2D eigenvalue weighted by atomic mass is 9.96. The summed E-state index contributed by atoms with van der Waals surface area (Å²) in [7, 11) is 0. The Labute approximate surface area is 118 Å². The summed E-state index contributed by atoms with van der Waals surface area (Å²) in [6, 6.07) is 1.87. The van der Waals surface area contributed by atoms with Crippen molar-refractivity contribution >= 4 is 17.6 Å². The summed E-state index contributed by atoms with van der Waals surface area (Å²) < 4.78 is 0. The van der Waals surface area contributed by atoms with Gasteiger partial charge in [-0.2, -0.15) is 0 Å². The van der Waals surface area contributed by atoms with Crippen LogP contribution in [0.3, 0.4) is 0 Å². The van der Waals surface area contributed by atoms with Crippen molar-refractivity contribution in [2.45, 2.75) is 44.2 Å². The number of thioether (sulfide) groups is 1. The molecule has 1 aromatic rings. The molecule has 0 aromatic carbocycles. The van der Waals surface area contributed by atoms with E-state index in [1.807, 2.05) is 13.0 Å². The van der Waals surface area contributed by atoms with Gasteiger partial charge in [0.15, 0.2) is 0 Å². The molecule has 1 unspecified atom stereocenters. The predicted molar refractivity (Wildman–Crippen MR) is 78.7 cm³/mol. The lowest BCUT2D eigenvalue weighted by Gasteiger charge is -2.19. The summed E-state index contributed by atoms with van der Waals surface area (Å²) in [5.74, 6) is 1.98. The molecule has 0 aliphatic carbocycles. The van der Waals surface area contributed by atoms with E-state index < -0.39 is 6.10 Å². The lowest BCUT2D eigenvalue weighted by Crippen LogP contribution is -2.18. The number of nitrogens with zero attached hydrogens (tertiary/aromatic N) is 2. The van der Waals surface area contributed by atoms with E-state index in [1.54, 1.807) is 0 Å². The number of hydrogen-bond acceptors (Lipinski definition) is 6. The zero-order valence-electron chi connectivity index (χ0n) is 12.0. The molecule has 0 bridgehead atoms. The molecule has 0 aliphatic heterocycles. The zero-order chi connectivity index (χ0) is 14.5. The molecule has 0 fully saturated rings. The lowest BCUT2D eigenvalue weighted by molar-refractivity contribution is 0.113. The van der Waals surface area contributed by atoms with Gasteiger partial charge in [0.25, 0.3) is 0 Å². The molecule has 0 saturated carbocycles. The second-order valence-corrected chi connectivity index (χ2v) is 6.38. The van der Waals surface area contributed by atoms with Crippen molar-refractivity contribution in [3.63, 3.8) is 0 Å². The maximum atomic E-state index is 9.39. The summed E-state index contributed by atoms with van der Waals surface area (Å²) >= 11 is 1.42. The summed E-state index contributed by atoms with van der Waals surface area (Å²) in [6.07, 6.45) is -0.722. The Bertz CT molecular complexity index is 407. The van der Waals surface area contributed by atoms with Crippen LogP contribution in [0.4, 0.5) is 5.82 Å². The van der Waals surface area contributed by atoms with E-state index in [1.165, 1.54) is 11.8 Å². The van der Waals surface area contributed by atoms with Gasteiger partial charge >= 0.3 is 0 Å². The van der Waals surface area contributed by atoms with E-state index in [9.17, 15) is 5.11 Å². The second kappa shape index (κ2) is 7.07. The summed E-state index contributed by atoms with van der Waals surface area (Å²) in [5.41, 5.74) is -0.129. The Morgan fingerprint density at radius 1 is 1.37 bits per heavy atom. The number of hydrogen-bond donors (Lipinski definition) is 3. The van der Waals surface area contributed by atoms with Crippen LogP contribution in [0.2, 0.25) is 0 Å². The highest BCUT2D eigenvalue weighted by Crippen LogP contribution is 2.25. The van der Waals surface area contributed by atoms with E-state index in [4.69, 9.17) is 5.11 Å². The van der Waals surface area contributed by atoms with Crippen molar-refractivity contribution in [1.29, 1.82) is 0 Å². The van der Waals surface area contributed by atoms with Crippen LogP contribution in [0.15, 0.2) is 11.1 Å². The van der Waals surface area contributed by atoms with Crippen LogP contribution in [-0.2, 0) is 5.41 Å². The average Bonchev–Trinajstić information content (AvgIpc) is 2.35. The third-order valence-electron chi connectivity index (χ3n) is 2.37. The van der Waals surface area contributed by atoms with Crippen LogP contribution in [0.25, 0.3) is 0 Å². The van der Waals surface area contributed by atoms with Crippen molar-refractivity contribution in [2.24, 2.45) is 0 Å². The number of anilines is 1. The highest BCUT2D eigenvalue weighted by molar-refractivity contribution is 7.99. The van der Waals surface area contributed by atoms with Gasteiger partial charge < -0.3 is 15.5 Å². The summed E-state index contributed by atoms with van der Waals surface area (Å²) in [5, 5.41) is 22.2. The third-order valence-corrected chi connectivity index (χ3v) is 3.42. The maximum absolute atomic E-state index is 9.39. The van der Waals surface area contributed by atoms with Crippen molar-refractivity contribution in [2.75, 3.05) is 24.2 Å². The number of aliphatic hydroxyl groups is 2. The van der Waals surface area contributed by atoms with Crippen molar-refractivity contribution in [1.82, 2.24) is 9.97 Å². The molecule has 6 heteroatoms. The fourth-order valence-electron chi connectivity index (χ4n) is 1.34. The zero-order valence-corrected chi connectivity index (χ0v) is 12.8. The number of aliphatic hydroxyl groups excluding tert-OH is 2. The monoisotopic (exact) mass is 285 g/mol. The molecule has 108 valence electrons. The van der Waals surface area contributed by atoms with Crippen LogP contribution >= 0.6 is 11.8 Å². The van der Waals surface area contributed by atoms with E-state index >= 15 is 0 Å². The molecule has 0 saturated heterocycles. The van der Waals surface area contributed by atoms with E-state index in [0.29, 0.717) is 5.75 Å². The first-order valence-electron chi connectivity index (χ1n) is 6.42. The Kier molecular flexibility index (Phi) is 6.03. The minimum atomic E-state index is -0.722. The van der Waals surface area contributed by atoms with Gasteiger partial charge in [-0.3, -0.25) is 0 Å². The molecule has 1 aromatic heterocycles. The smallest absolute Gasteiger partial charge is 0.137 e. The van der Waals surface area contributed by atoms with Gasteiger partial charge in [0.1, 0.15) is 16.7 Å². The quantitative estimate of drug-likeness (QED) is 0.545. The summed E-state index contributed by atoms with van der Waals surface area (Å²) in [4.78, 5) is 9.01. The van der Waals surface area contributed by atoms with E-state index in [0.717, 1.165) is 23.2 Å².